The molecule has 0 aliphatic carbocycles. The number of nitrogens with zero attached hydrogens (tertiary/aromatic N) is 2. The summed E-state index contributed by atoms with van der Waals surface area (Å²) in [6.45, 7) is 2.90. The highest BCUT2D eigenvalue weighted by Crippen LogP contribution is 2.23. The van der Waals surface area contributed by atoms with Crippen LogP contribution in [-0.2, 0) is 0 Å². The molecule has 2 aromatic heterocycles. The Hall–Kier alpha value is -1.36. The number of nitrogens with one attached hydrogen (secondary N) is 2. The van der Waals surface area contributed by atoms with Gasteiger partial charge < -0.3 is 10.3 Å². The molecule has 5 heteroatoms. The zero-order chi connectivity index (χ0) is 9.10. The third kappa shape index (κ3) is 1.55. The Labute approximate surface area is 80.3 Å². The molecular weight excluding hydrogens is 184 g/mol. The first-order valence-corrected chi connectivity index (χ1v) is 4.85. The van der Waals surface area contributed by atoms with E-state index in [2.05, 4.69) is 19.0 Å². The fraction of sp³-hybridized carbons (Fsp3) is 0.250. The summed E-state index contributed by atoms with van der Waals surface area (Å²) in [6.07, 6.45) is 1.88. The van der Waals surface area contributed by atoms with Crippen molar-refractivity contribution in [2.24, 2.45) is 0 Å². The van der Waals surface area contributed by atoms with Gasteiger partial charge in [0.2, 0.25) is 0 Å². The van der Waals surface area contributed by atoms with Crippen molar-refractivity contribution in [3.63, 3.8) is 0 Å². The van der Waals surface area contributed by atoms with E-state index in [1.807, 2.05) is 25.3 Å². The maximum Gasteiger partial charge on any atom is 0.169 e. The second kappa shape index (κ2) is 3.57. The largest absolute Gasteiger partial charge is 0.368 e. The van der Waals surface area contributed by atoms with Gasteiger partial charge in [0.05, 0.1) is 17.4 Å². The van der Waals surface area contributed by atoms with Gasteiger partial charge in [-0.15, -0.1) is 0 Å². The van der Waals surface area contributed by atoms with Gasteiger partial charge in [0.1, 0.15) is 5.69 Å². The highest BCUT2D eigenvalue weighted by molar-refractivity contribution is 6.99. The molecule has 0 aliphatic heterocycles. The molecule has 2 aromatic rings. The molecule has 0 radical (unpaired) electrons. The van der Waals surface area contributed by atoms with E-state index in [-0.39, 0.29) is 0 Å². The van der Waals surface area contributed by atoms with Crippen LogP contribution in [0.4, 0.5) is 5.82 Å². The highest BCUT2D eigenvalue weighted by atomic mass is 32.1. The summed E-state index contributed by atoms with van der Waals surface area (Å²) >= 11 is 1.22. The van der Waals surface area contributed by atoms with Crippen LogP contribution in [0.1, 0.15) is 6.92 Å². The Morgan fingerprint density at radius 3 is 3.15 bits per heavy atom. The highest BCUT2D eigenvalue weighted by Gasteiger charge is 2.09. The number of hydrogen-bond acceptors (Lipinski definition) is 4. The third-order valence-corrected chi connectivity index (χ3v) is 2.21. The van der Waals surface area contributed by atoms with Crippen LogP contribution in [0.15, 0.2) is 18.3 Å². The van der Waals surface area contributed by atoms with Crippen LogP contribution >= 0.6 is 11.7 Å². The van der Waals surface area contributed by atoms with Crippen molar-refractivity contribution >= 4 is 17.5 Å². The lowest BCUT2D eigenvalue weighted by Gasteiger charge is -1.98. The Bertz CT molecular complexity index is 365. The minimum absolute atomic E-state index is 0.856. The van der Waals surface area contributed by atoms with E-state index in [0.717, 1.165) is 23.8 Å². The maximum absolute atomic E-state index is 4.21. The lowest BCUT2D eigenvalue weighted by molar-refractivity contribution is 1.19. The quantitative estimate of drug-likeness (QED) is 0.785. The summed E-state index contributed by atoms with van der Waals surface area (Å²) in [5, 5.41) is 3.16. The predicted molar refractivity (Wildman–Crippen MR) is 53.9 cm³/mol. The molecule has 0 spiro atoms. The van der Waals surface area contributed by atoms with Crippen molar-refractivity contribution in [1.82, 2.24) is 13.7 Å². The molecule has 0 aliphatic rings. The van der Waals surface area contributed by atoms with Crippen LogP contribution in [0.3, 0.4) is 0 Å². The number of anilines is 1. The van der Waals surface area contributed by atoms with Crippen molar-refractivity contribution in [2.45, 2.75) is 6.92 Å². The van der Waals surface area contributed by atoms with Gasteiger partial charge in [-0.05, 0) is 19.1 Å². The Kier molecular flexibility index (Phi) is 2.27. The van der Waals surface area contributed by atoms with Crippen molar-refractivity contribution < 1.29 is 0 Å². The molecule has 0 unspecified atom stereocenters. The van der Waals surface area contributed by atoms with Crippen LogP contribution in [0, 0.1) is 0 Å². The topological polar surface area (TPSA) is 53.6 Å². The van der Waals surface area contributed by atoms with E-state index in [4.69, 9.17) is 0 Å². The van der Waals surface area contributed by atoms with Gasteiger partial charge in [-0.3, -0.25) is 0 Å². The summed E-state index contributed by atoms with van der Waals surface area (Å²) in [5.41, 5.74) is 1.90. The minimum atomic E-state index is 0.856. The van der Waals surface area contributed by atoms with Crippen molar-refractivity contribution in [3.8, 4) is 11.4 Å². The second-order valence-corrected chi connectivity index (χ2v) is 3.10. The van der Waals surface area contributed by atoms with Gasteiger partial charge in [0, 0.05) is 12.7 Å². The molecule has 4 nitrogen and oxygen atoms in total. The predicted octanol–water partition coefficient (Wildman–Crippen LogP) is 1.96. The first kappa shape index (κ1) is 8.25. The van der Waals surface area contributed by atoms with Crippen LogP contribution in [0.25, 0.3) is 11.4 Å². The smallest absolute Gasteiger partial charge is 0.169 e. The molecule has 68 valence electrons. The van der Waals surface area contributed by atoms with Gasteiger partial charge in [0.15, 0.2) is 5.82 Å². The molecular formula is C8H10N4S. The zero-order valence-corrected chi connectivity index (χ0v) is 8.06. The molecule has 2 heterocycles. The zero-order valence-electron chi connectivity index (χ0n) is 7.24. The summed E-state index contributed by atoms with van der Waals surface area (Å²) in [6, 6.07) is 3.93. The lowest BCUT2D eigenvalue weighted by atomic mass is 10.3. The molecule has 2 N–H and O–H groups in total. The van der Waals surface area contributed by atoms with Crippen LogP contribution in [0.5, 0.6) is 0 Å². The van der Waals surface area contributed by atoms with Gasteiger partial charge in [-0.1, -0.05) is 0 Å². The van der Waals surface area contributed by atoms with E-state index >= 15 is 0 Å². The standard InChI is InChI=1S/C8H10N4S/c1-2-9-8-7(11-13-12-8)6-4-3-5-10-6/h3-5,10H,2H2,1H3,(H,9,12). The summed E-state index contributed by atoms with van der Waals surface area (Å²) in [7, 11) is 0. The van der Waals surface area contributed by atoms with E-state index < -0.39 is 0 Å². The molecule has 13 heavy (non-hydrogen) atoms. The summed E-state index contributed by atoms with van der Waals surface area (Å²) in [4.78, 5) is 3.10. The second-order valence-electron chi connectivity index (χ2n) is 2.58. The fourth-order valence-corrected chi connectivity index (χ4v) is 1.67. The van der Waals surface area contributed by atoms with Gasteiger partial charge in [0.25, 0.3) is 0 Å². The lowest BCUT2D eigenvalue weighted by Crippen LogP contribution is -1.98. The van der Waals surface area contributed by atoms with Crippen LogP contribution in [-0.4, -0.2) is 20.3 Å². The Morgan fingerprint density at radius 2 is 2.46 bits per heavy atom. The summed E-state index contributed by atoms with van der Waals surface area (Å²) < 4.78 is 8.38. The molecule has 0 amide bonds. The first-order valence-electron chi connectivity index (χ1n) is 4.12. The normalized spacial score (nSPS) is 10.2. The van der Waals surface area contributed by atoms with Crippen LogP contribution < -0.4 is 5.32 Å². The van der Waals surface area contributed by atoms with Gasteiger partial charge in [-0.25, -0.2) is 0 Å². The molecule has 0 atom stereocenters. The molecule has 0 bridgehead atoms. The van der Waals surface area contributed by atoms with Crippen molar-refractivity contribution in [1.29, 1.82) is 0 Å². The van der Waals surface area contributed by atoms with E-state index in [1.54, 1.807) is 0 Å². The number of H-pyrrole nitrogens is 1. The van der Waals surface area contributed by atoms with E-state index in [0.29, 0.717) is 0 Å². The van der Waals surface area contributed by atoms with Gasteiger partial charge in [-0.2, -0.15) is 8.75 Å². The first-order chi connectivity index (χ1) is 6.42. The molecule has 0 saturated heterocycles. The fourth-order valence-electron chi connectivity index (χ4n) is 1.13. The molecule has 0 aromatic carbocycles. The van der Waals surface area contributed by atoms with Gasteiger partial charge >= 0.3 is 0 Å². The third-order valence-electron chi connectivity index (χ3n) is 1.69. The van der Waals surface area contributed by atoms with Crippen LogP contribution in [0.2, 0.25) is 0 Å². The molecule has 2 rings (SSSR count). The monoisotopic (exact) mass is 194 g/mol. The average molecular weight is 194 g/mol. The number of aromatic nitrogens is 3. The molecule has 0 fully saturated rings. The number of hydrogen-bond donors (Lipinski definition) is 2. The molecule has 0 saturated carbocycles. The van der Waals surface area contributed by atoms with E-state index in [1.165, 1.54) is 11.7 Å². The van der Waals surface area contributed by atoms with Crippen molar-refractivity contribution in [3.05, 3.63) is 18.3 Å². The van der Waals surface area contributed by atoms with E-state index in [9.17, 15) is 0 Å². The summed E-state index contributed by atoms with van der Waals surface area (Å²) in [5.74, 6) is 0.856. The number of rotatable bonds is 3. The number of aromatic amines is 1. The average Bonchev–Trinajstić information content (AvgIpc) is 2.71. The van der Waals surface area contributed by atoms with Crippen molar-refractivity contribution in [2.75, 3.05) is 11.9 Å². The Morgan fingerprint density at radius 1 is 1.54 bits per heavy atom. The maximum atomic E-state index is 4.21. The SMILES string of the molecule is CCNc1nsnc1-c1ccc[nH]1. The minimum Gasteiger partial charge on any atom is -0.368 e. The Balaban J connectivity index is 2.35.